The molecule has 1 unspecified atom stereocenters. The van der Waals surface area contributed by atoms with Gasteiger partial charge in [-0.1, -0.05) is 52.3 Å². The third-order valence-electron chi connectivity index (χ3n) is 2.43. The zero-order chi connectivity index (χ0) is 10.7. The lowest BCUT2D eigenvalue weighted by Gasteiger charge is -2.13. The number of benzene rings is 1. The Balaban J connectivity index is 2.13. The van der Waals surface area contributed by atoms with Crippen molar-refractivity contribution in [1.82, 2.24) is 0 Å². The van der Waals surface area contributed by atoms with E-state index in [4.69, 9.17) is 0 Å². The highest BCUT2D eigenvalue weighted by Gasteiger charge is 2.17. The highest BCUT2D eigenvalue weighted by atomic mass is 79.9. The summed E-state index contributed by atoms with van der Waals surface area (Å²) in [4.78, 5) is 11.6. The number of carbonyl (C=O) groups is 1. The molecule has 1 aliphatic rings. The normalized spacial score (nSPS) is 20.2. The summed E-state index contributed by atoms with van der Waals surface area (Å²) in [5.41, 5.74) is 1.20. The number of hydrogen-bond donors (Lipinski definition) is 0. The summed E-state index contributed by atoms with van der Waals surface area (Å²) >= 11 is 3.39. The van der Waals surface area contributed by atoms with E-state index in [0.717, 1.165) is 10.9 Å². The molecule has 1 nitrogen and oxygen atoms in total. The van der Waals surface area contributed by atoms with Gasteiger partial charge in [0.15, 0.2) is 5.78 Å². The number of rotatable bonds is 2. The number of allylic oxidation sites excluding steroid dienone is 4. The molecule has 0 heterocycles. The van der Waals surface area contributed by atoms with E-state index >= 15 is 0 Å². The van der Waals surface area contributed by atoms with Crippen LogP contribution in [0.1, 0.15) is 5.56 Å². The van der Waals surface area contributed by atoms with Gasteiger partial charge in [0.1, 0.15) is 0 Å². The Labute approximate surface area is 97.6 Å². The van der Waals surface area contributed by atoms with E-state index < -0.39 is 0 Å². The molecule has 0 saturated heterocycles. The standard InChI is InChI=1S/C13H11BrO/c14-12-6-7-13(15)11(9-12)8-10-4-2-1-3-5-10/h1-7,9,11H,8H2. The Kier molecular flexibility index (Phi) is 3.17. The number of halogens is 1. The maximum atomic E-state index is 11.6. The largest absolute Gasteiger partial charge is 0.294 e. The first-order valence-corrected chi connectivity index (χ1v) is 5.68. The van der Waals surface area contributed by atoms with Gasteiger partial charge in [0.2, 0.25) is 0 Å². The molecule has 0 fully saturated rings. The summed E-state index contributed by atoms with van der Waals surface area (Å²) in [6.07, 6.45) is 6.18. The maximum absolute atomic E-state index is 11.6. The van der Waals surface area contributed by atoms with Crippen LogP contribution in [0.25, 0.3) is 0 Å². The Hall–Kier alpha value is -1.15. The van der Waals surface area contributed by atoms with Crippen LogP contribution in [0.3, 0.4) is 0 Å². The first-order chi connectivity index (χ1) is 7.25. The summed E-state index contributed by atoms with van der Waals surface area (Å²) in [5, 5.41) is 0. The van der Waals surface area contributed by atoms with Gasteiger partial charge in [0.05, 0.1) is 0 Å². The molecule has 15 heavy (non-hydrogen) atoms. The van der Waals surface area contributed by atoms with Crippen LogP contribution in [-0.4, -0.2) is 5.78 Å². The third kappa shape index (κ3) is 2.66. The second-order valence-electron chi connectivity index (χ2n) is 3.58. The molecule has 0 spiro atoms. The van der Waals surface area contributed by atoms with Crippen LogP contribution in [0.4, 0.5) is 0 Å². The molecule has 1 atom stereocenters. The predicted octanol–water partition coefficient (Wildman–Crippen LogP) is 3.26. The van der Waals surface area contributed by atoms with Crippen molar-refractivity contribution in [3.8, 4) is 0 Å². The van der Waals surface area contributed by atoms with Gasteiger partial charge in [-0.15, -0.1) is 0 Å². The van der Waals surface area contributed by atoms with E-state index in [1.807, 2.05) is 36.4 Å². The van der Waals surface area contributed by atoms with Crippen LogP contribution in [0.5, 0.6) is 0 Å². The second kappa shape index (κ2) is 4.58. The lowest BCUT2D eigenvalue weighted by molar-refractivity contribution is -0.117. The van der Waals surface area contributed by atoms with Crippen LogP contribution in [-0.2, 0) is 11.2 Å². The first-order valence-electron chi connectivity index (χ1n) is 4.89. The number of ketones is 1. The molecule has 76 valence electrons. The fourth-order valence-electron chi connectivity index (χ4n) is 1.64. The molecule has 1 aromatic rings. The number of hydrogen-bond acceptors (Lipinski definition) is 1. The van der Waals surface area contributed by atoms with E-state index in [0.29, 0.717) is 0 Å². The van der Waals surface area contributed by atoms with Crippen molar-refractivity contribution in [1.29, 1.82) is 0 Å². The Morgan fingerprint density at radius 3 is 2.60 bits per heavy atom. The van der Waals surface area contributed by atoms with Crippen molar-refractivity contribution in [3.63, 3.8) is 0 Å². The minimum Gasteiger partial charge on any atom is -0.294 e. The lowest BCUT2D eigenvalue weighted by Crippen LogP contribution is -2.15. The molecule has 0 aliphatic heterocycles. The molecular formula is C13H11BrO. The maximum Gasteiger partial charge on any atom is 0.162 e. The van der Waals surface area contributed by atoms with E-state index in [9.17, 15) is 4.79 Å². The van der Waals surface area contributed by atoms with Crippen LogP contribution in [0.2, 0.25) is 0 Å². The number of carbonyl (C=O) groups excluding carboxylic acids is 1. The zero-order valence-corrected chi connectivity index (χ0v) is 9.78. The molecule has 2 rings (SSSR count). The van der Waals surface area contributed by atoms with Crippen LogP contribution in [0, 0.1) is 5.92 Å². The summed E-state index contributed by atoms with van der Waals surface area (Å²) in [5.74, 6) is 0.161. The topological polar surface area (TPSA) is 17.1 Å². The van der Waals surface area contributed by atoms with Crippen molar-refractivity contribution in [3.05, 3.63) is 58.6 Å². The molecule has 2 heteroatoms. The van der Waals surface area contributed by atoms with Gasteiger partial charge < -0.3 is 0 Å². The quantitative estimate of drug-likeness (QED) is 0.800. The predicted molar refractivity (Wildman–Crippen MR) is 64.8 cm³/mol. The third-order valence-corrected chi connectivity index (χ3v) is 2.96. The molecule has 1 aromatic carbocycles. The smallest absolute Gasteiger partial charge is 0.162 e. The van der Waals surface area contributed by atoms with Gasteiger partial charge in [0, 0.05) is 10.4 Å². The second-order valence-corrected chi connectivity index (χ2v) is 4.50. The van der Waals surface area contributed by atoms with Crippen LogP contribution < -0.4 is 0 Å². The monoisotopic (exact) mass is 262 g/mol. The minimum absolute atomic E-state index is 0.0215. The molecule has 0 aromatic heterocycles. The summed E-state index contributed by atoms with van der Waals surface area (Å²) < 4.78 is 0.989. The van der Waals surface area contributed by atoms with E-state index in [-0.39, 0.29) is 11.7 Å². The van der Waals surface area contributed by atoms with Gasteiger partial charge in [-0.25, -0.2) is 0 Å². The average molecular weight is 263 g/mol. The molecule has 0 amide bonds. The van der Waals surface area contributed by atoms with E-state index in [2.05, 4.69) is 15.9 Å². The minimum atomic E-state index is -0.0215. The first kappa shape index (κ1) is 10.4. The summed E-state index contributed by atoms with van der Waals surface area (Å²) in [6.45, 7) is 0. The van der Waals surface area contributed by atoms with Gasteiger partial charge in [-0.3, -0.25) is 4.79 Å². The molecule has 0 radical (unpaired) electrons. The zero-order valence-electron chi connectivity index (χ0n) is 8.19. The molecular weight excluding hydrogens is 252 g/mol. The van der Waals surface area contributed by atoms with Crippen molar-refractivity contribution in [2.45, 2.75) is 6.42 Å². The Morgan fingerprint density at radius 2 is 1.87 bits per heavy atom. The van der Waals surface area contributed by atoms with Crippen molar-refractivity contribution in [2.24, 2.45) is 5.92 Å². The summed E-state index contributed by atoms with van der Waals surface area (Å²) in [7, 11) is 0. The lowest BCUT2D eigenvalue weighted by atomic mass is 9.92. The van der Waals surface area contributed by atoms with Crippen LogP contribution in [0.15, 0.2) is 53.0 Å². The van der Waals surface area contributed by atoms with Crippen molar-refractivity contribution >= 4 is 21.7 Å². The van der Waals surface area contributed by atoms with Crippen LogP contribution >= 0.6 is 15.9 Å². The Bertz CT molecular complexity index is 417. The molecule has 1 aliphatic carbocycles. The molecule has 0 N–H and O–H groups in total. The van der Waals surface area contributed by atoms with Crippen molar-refractivity contribution < 1.29 is 4.79 Å². The average Bonchev–Trinajstić information content (AvgIpc) is 2.25. The fraction of sp³-hybridized carbons (Fsp3) is 0.154. The highest BCUT2D eigenvalue weighted by Crippen LogP contribution is 2.21. The van der Waals surface area contributed by atoms with E-state index in [1.54, 1.807) is 12.2 Å². The van der Waals surface area contributed by atoms with Crippen molar-refractivity contribution in [2.75, 3.05) is 0 Å². The van der Waals surface area contributed by atoms with E-state index in [1.165, 1.54) is 5.56 Å². The molecule has 0 saturated carbocycles. The highest BCUT2D eigenvalue weighted by molar-refractivity contribution is 9.11. The summed E-state index contributed by atoms with van der Waals surface area (Å²) in [6, 6.07) is 10.1. The fourth-order valence-corrected chi connectivity index (χ4v) is 2.09. The van der Waals surface area contributed by atoms with Gasteiger partial charge in [-0.2, -0.15) is 0 Å². The Morgan fingerprint density at radius 1 is 1.13 bits per heavy atom. The van der Waals surface area contributed by atoms with Gasteiger partial charge >= 0.3 is 0 Å². The van der Waals surface area contributed by atoms with Gasteiger partial charge in [0.25, 0.3) is 0 Å². The van der Waals surface area contributed by atoms with Gasteiger partial charge in [-0.05, 0) is 24.1 Å². The molecule has 0 bridgehead atoms. The SMILES string of the molecule is O=C1C=CC(Br)=CC1Cc1ccccc1.